The average Bonchev–Trinajstić information content (AvgIpc) is 2.14. The van der Waals surface area contributed by atoms with Crippen LogP contribution in [0.25, 0.3) is 0 Å². The Morgan fingerprint density at radius 3 is 2.53 bits per heavy atom. The molecule has 4 nitrogen and oxygen atoms in total. The highest BCUT2D eigenvalue weighted by molar-refractivity contribution is 5.73. The predicted molar refractivity (Wildman–Crippen MR) is 50.6 cm³/mol. The number of ether oxygens (including phenoxy) is 2. The van der Waals surface area contributed by atoms with E-state index in [1.807, 2.05) is 0 Å². The number of carboxylic acids is 1. The van der Waals surface area contributed by atoms with Gasteiger partial charge in [-0.1, -0.05) is 12.1 Å². The SMILES string of the molecule is CC1(C)Oc2ccccc2OC1C(=O)[O-]. The van der Waals surface area contributed by atoms with Crippen molar-refractivity contribution in [2.75, 3.05) is 0 Å². The van der Waals surface area contributed by atoms with Crippen LogP contribution in [0.2, 0.25) is 0 Å². The van der Waals surface area contributed by atoms with Gasteiger partial charge in [-0.2, -0.15) is 0 Å². The van der Waals surface area contributed by atoms with Crippen LogP contribution in [0.3, 0.4) is 0 Å². The summed E-state index contributed by atoms with van der Waals surface area (Å²) in [6.45, 7) is 3.31. The maximum atomic E-state index is 10.9. The first kappa shape index (κ1) is 9.83. The number of fused-ring (bicyclic) bond motifs is 1. The smallest absolute Gasteiger partial charge is 0.177 e. The lowest BCUT2D eigenvalue weighted by molar-refractivity contribution is -0.319. The summed E-state index contributed by atoms with van der Waals surface area (Å²) >= 11 is 0. The highest BCUT2D eigenvalue weighted by atomic mass is 16.6. The van der Waals surface area contributed by atoms with Crippen molar-refractivity contribution in [1.82, 2.24) is 0 Å². The van der Waals surface area contributed by atoms with E-state index in [9.17, 15) is 9.90 Å². The van der Waals surface area contributed by atoms with Gasteiger partial charge >= 0.3 is 0 Å². The topological polar surface area (TPSA) is 58.6 Å². The molecule has 1 aliphatic rings. The molecule has 1 heterocycles. The van der Waals surface area contributed by atoms with Crippen molar-refractivity contribution in [2.24, 2.45) is 0 Å². The molecule has 0 aliphatic carbocycles. The van der Waals surface area contributed by atoms with Gasteiger partial charge in [0, 0.05) is 0 Å². The molecule has 0 saturated heterocycles. The number of carbonyl (C=O) groups excluding carboxylic acids is 1. The first-order chi connectivity index (χ1) is 7.00. The highest BCUT2D eigenvalue weighted by Crippen LogP contribution is 2.37. The summed E-state index contributed by atoms with van der Waals surface area (Å²) in [6.07, 6.45) is -1.09. The van der Waals surface area contributed by atoms with Gasteiger partial charge in [-0.25, -0.2) is 0 Å². The van der Waals surface area contributed by atoms with Crippen LogP contribution in [0.4, 0.5) is 0 Å². The summed E-state index contributed by atoms with van der Waals surface area (Å²) in [5.41, 5.74) is -0.923. The number of para-hydroxylation sites is 2. The molecule has 1 atom stereocenters. The van der Waals surface area contributed by atoms with Crippen LogP contribution in [0.5, 0.6) is 11.5 Å². The number of hydrogen-bond acceptors (Lipinski definition) is 4. The lowest BCUT2D eigenvalue weighted by Gasteiger charge is -2.40. The van der Waals surface area contributed by atoms with E-state index >= 15 is 0 Å². The molecule has 0 radical (unpaired) electrons. The first-order valence-corrected chi connectivity index (χ1v) is 4.66. The maximum absolute atomic E-state index is 10.9. The van der Waals surface area contributed by atoms with Gasteiger partial charge in [0.15, 0.2) is 17.6 Å². The van der Waals surface area contributed by atoms with Crippen molar-refractivity contribution in [1.29, 1.82) is 0 Å². The fourth-order valence-electron chi connectivity index (χ4n) is 1.57. The second-order valence-corrected chi connectivity index (χ2v) is 3.97. The molecule has 1 unspecified atom stereocenters. The number of rotatable bonds is 1. The van der Waals surface area contributed by atoms with Gasteiger partial charge in [-0.05, 0) is 26.0 Å². The maximum Gasteiger partial charge on any atom is 0.177 e. The Hall–Kier alpha value is -1.71. The highest BCUT2D eigenvalue weighted by Gasteiger charge is 2.39. The molecule has 15 heavy (non-hydrogen) atoms. The molecule has 1 aliphatic heterocycles. The minimum Gasteiger partial charge on any atom is -0.546 e. The molecular formula is C11H11O4-. The van der Waals surface area contributed by atoms with Crippen LogP contribution < -0.4 is 14.6 Å². The van der Waals surface area contributed by atoms with Gasteiger partial charge in [0.25, 0.3) is 0 Å². The summed E-state index contributed by atoms with van der Waals surface area (Å²) in [6, 6.07) is 6.97. The zero-order chi connectivity index (χ0) is 11.1. The molecular weight excluding hydrogens is 196 g/mol. The zero-order valence-electron chi connectivity index (χ0n) is 8.52. The molecule has 0 bridgehead atoms. The summed E-state index contributed by atoms with van der Waals surface area (Å²) in [7, 11) is 0. The lowest BCUT2D eigenvalue weighted by atomic mass is 10.00. The largest absolute Gasteiger partial charge is 0.546 e. The third-order valence-electron chi connectivity index (χ3n) is 2.31. The van der Waals surface area contributed by atoms with E-state index in [2.05, 4.69) is 0 Å². The number of aliphatic carboxylic acids is 1. The van der Waals surface area contributed by atoms with Gasteiger partial charge < -0.3 is 19.4 Å². The standard InChI is InChI=1S/C11H12O4/c1-11(2)9(10(12)13)14-7-5-3-4-6-8(7)15-11/h3-6,9H,1-2H3,(H,12,13)/p-1. The van der Waals surface area contributed by atoms with Gasteiger partial charge in [0.2, 0.25) is 0 Å². The third-order valence-corrected chi connectivity index (χ3v) is 2.31. The summed E-state index contributed by atoms with van der Waals surface area (Å²) in [4.78, 5) is 10.9. The number of carboxylic acid groups (broad SMARTS) is 1. The van der Waals surface area contributed by atoms with Crippen LogP contribution in [0, 0.1) is 0 Å². The minimum atomic E-state index is -1.27. The summed E-state index contributed by atoms with van der Waals surface area (Å²) in [5.74, 6) is -0.277. The second kappa shape index (κ2) is 3.15. The van der Waals surface area contributed by atoms with Gasteiger partial charge in [0.1, 0.15) is 5.60 Å². The Labute approximate surface area is 87.4 Å². The fourth-order valence-corrected chi connectivity index (χ4v) is 1.57. The molecule has 2 rings (SSSR count). The average molecular weight is 207 g/mol. The monoisotopic (exact) mass is 207 g/mol. The van der Waals surface area contributed by atoms with Crippen LogP contribution in [-0.2, 0) is 4.79 Å². The van der Waals surface area contributed by atoms with Crippen molar-refractivity contribution in [2.45, 2.75) is 25.6 Å². The minimum absolute atomic E-state index is 0.436. The molecule has 1 aromatic rings. The van der Waals surface area contributed by atoms with Gasteiger partial charge in [-0.15, -0.1) is 0 Å². The molecule has 0 amide bonds. The first-order valence-electron chi connectivity index (χ1n) is 4.66. The Kier molecular flexibility index (Phi) is 2.07. The van der Waals surface area contributed by atoms with E-state index in [0.717, 1.165) is 0 Å². The van der Waals surface area contributed by atoms with E-state index < -0.39 is 17.7 Å². The van der Waals surface area contributed by atoms with E-state index in [0.29, 0.717) is 11.5 Å². The Morgan fingerprint density at radius 1 is 1.33 bits per heavy atom. The van der Waals surface area contributed by atoms with E-state index in [1.54, 1.807) is 38.1 Å². The van der Waals surface area contributed by atoms with Crippen molar-refractivity contribution >= 4 is 5.97 Å². The predicted octanol–water partition coefficient (Wildman–Crippen LogP) is 0.355. The van der Waals surface area contributed by atoms with E-state index in [4.69, 9.17) is 9.47 Å². The van der Waals surface area contributed by atoms with Gasteiger partial charge in [0.05, 0.1) is 5.97 Å². The molecule has 0 aromatic heterocycles. The van der Waals surface area contributed by atoms with E-state index in [-0.39, 0.29) is 0 Å². The van der Waals surface area contributed by atoms with Crippen LogP contribution in [-0.4, -0.2) is 17.7 Å². The van der Waals surface area contributed by atoms with Crippen molar-refractivity contribution < 1.29 is 19.4 Å². The molecule has 0 saturated carbocycles. The molecule has 80 valence electrons. The zero-order valence-corrected chi connectivity index (χ0v) is 8.52. The Bertz CT molecular complexity index is 397. The Balaban J connectivity index is 2.40. The molecule has 0 N–H and O–H groups in total. The van der Waals surface area contributed by atoms with E-state index in [1.165, 1.54) is 0 Å². The summed E-state index contributed by atoms with van der Waals surface area (Å²) in [5, 5.41) is 10.9. The quantitative estimate of drug-likeness (QED) is 0.667. The van der Waals surface area contributed by atoms with Crippen molar-refractivity contribution in [3.05, 3.63) is 24.3 Å². The van der Waals surface area contributed by atoms with Crippen LogP contribution >= 0.6 is 0 Å². The van der Waals surface area contributed by atoms with Crippen molar-refractivity contribution in [3.8, 4) is 11.5 Å². The number of benzene rings is 1. The summed E-state index contributed by atoms with van der Waals surface area (Å²) < 4.78 is 10.9. The van der Waals surface area contributed by atoms with Crippen LogP contribution in [0.1, 0.15) is 13.8 Å². The molecule has 0 spiro atoms. The molecule has 0 fully saturated rings. The van der Waals surface area contributed by atoms with Crippen molar-refractivity contribution in [3.63, 3.8) is 0 Å². The van der Waals surface area contributed by atoms with Crippen LogP contribution in [0.15, 0.2) is 24.3 Å². The third kappa shape index (κ3) is 1.63. The lowest BCUT2D eigenvalue weighted by Crippen LogP contribution is -2.57. The normalized spacial score (nSPS) is 22.1. The van der Waals surface area contributed by atoms with Gasteiger partial charge in [-0.3, -0.25) is 0 Å². The number of carbonyl (C=O) groups is 1. The molecule has 4 heteroatoms. The Morgan fingerprint density at radius 2 is 1.93 bits per heavy atom. The molecule has 1 aromatic carbocycles. The second-order valence-electron chi connectivity index (χ2n) is 3.97. The fraction of sp³-hybridized carbons (Fsp3) is 0.364. The number of hydrogen-bond donors (Lipinski definition) is 0.